The van der Waals surface area contributed by atoms with Crippen molar-refractivity contribution in [3.05, 3.63) is 58.9 Å². The van der Waals surface area contributed by atoms with E-state index in [0.717, 1.165) is 16.8 Å². The molecular formula is C17H20ClN3O3S. The minimum absolute atomic E-state index is 0.0189. The summed E-state index contributed by atoms with van der Waals surface area (Å²) in [6, 6.07) is 9.31. The average molecular weight is 382 g/mol. The second kappa shape index (κ2) is 8.14. The Bertz CT molecular complexity index is 823. The third-order valence-corrected chi connectivity index (χ3v) is 6.19. The lowest BCUT2D eigenvalue weighted by molar-refractivity contribution is 0.0729. The number of aromatic nitrogens is 1. The number of nitrogens with one attached hydrogen (secondary N) is 1. The molecule has 2 heterocycles. The molecule has 25 heavy (non-hydrogen) atoms. The van der Waals surface area contributed by atoms with Crippen molar-refractivity contribution < 1.29 is 13.2 Å². The molecule has 1 aromatic heterocycles. The number of nitrogens with zero attached hydrogens (tertiary/aromatic N) is 2. The van der Waals surface area contributed by atoms with E-state index in [0.29, 0.717) is 37.9 Å². The molecule has 0 bridgehead atoms. The molecule has 0 spiro atoms. The summed E-state index contributed by atoms with van der Waals surface area (Å²) in [6.07, 6.45) is 3.22. The second-order valence-electron chi connectivity index (χ2n) is 5.75. The SMILES string of the molecule is O=S(=O)(Cc1ccccc1CNc1ccncc1Cl)N1CCOCC1. The first-order valence-electron chi connectivity index (χ1n) is 8.02. The van der Waals surface area contributed by atoms with Crippen molar-refractivity contribution in [3.63, 3.8) is 0 Å². The van der Waals surface area contributed by atoms with E-state index in [1.54, 1.807) is 18.5 Å². The Morgan fingerprint density at radius 3 is 2.60 bits per heavy atom. The van der Waals surface area contributed by atoms with E-state index in [-0.39, 0.29) is 5.75 Å². The molecule has 0 radical (unpaired) electrons. The van der Waals surface area contributed by atoms with Crippen molar-refractivity contribution in [2.75, 3.05) is 31.6 Å². The highest BCUT2D eigenvalue weighted by Gasteiger charge is 2.25. The van der Waals surface area contributed by atoms with Gasteiger partial charge in [0, 0.05) is 32.0 Å². The largest absolute Gasteiger partial charge is 0.380 e. The average Bonchev–Trinajstić information content (AvgIpc) is 2.63. The van der Waals surface area contributed by atoms with Gasteiger partial charge in [-0.1, -0.05) is 35.9 Å². The van der Waals surface area contributed by atoms with Crippen LogP contribution in [0.15, 0.2) is 42.7 Å². The number of morpholine rings is 1. The number of pyridine rings is 1. The first kappa shape index (κ1) is 18.1. The van der Waals surface area contributed by atoms with Crippen LogP contribution < -0.4 is 5.32 Å². The van der Waals surface area contributed by atoms with Crippen molar-refractivity contribution >= 4 is 27.3 Å². The maximum Gasteiger partial charge on any atom is 0.218 e. The molecule has 1 aliphatic heterocycles. The van der Waals surface area contributed by atoms with Gasteiger partial charge in [0.2, 0.25) is 10.0 Å². The zero-order valence-electron chi connectivity index (χ0n) is 13.7. The Kier molecular flexibility index (Phi) is 5.90. The van der Waals surface area contributed by atoms with Crippen LogP contribution in [0, 0.1) is 0 Å². The van der Waals surface area contributed by atoms with Gasteiger partial charge in [-0.3, -0.25) is 4.98 Å². The molecule has 2 aromatic rings. The standard InChI is InChI=1S/C17H20ClN3O3S/c18-16-12-19-6-5-17(16)20-11-14-3-1-2-4-15(14)13-25(22,23)21-7-9-24-10-8-21/h1-6,12H,7-11,13H2,(H,19,20). The van der Waals surface area contributed by atoms with E-state index in [4.69, 9.17) is 16.3 Å². The van der Waals surface area contributed by atoms with Gasteiger partial charge in [-0.05, 0) is 17.2 Å². The Morgan fingerprint density at radius 2 is 1.88 bits per heavy atom. The minimum Gasteiger partial charge on any atom is -0.380 e. The highest BCUT2D eigenvalue weighted by atomic mass is 35.5. The molecule has 0 unspecified atom stereocenters. The first-order chi connectivity index (χ1) is 12.1. The smallest absolute Gasteiger partial charge is 0.218 e. The molecule has 8 heteroatoms. The van der Waals surface area contributed by atoms with Crippen LogP contribution in [0.25, 0.3) is 0 Å². The Hall–Kier alpha value is -1.67. The van der Waals surface area contributed by atoms with Crippen molar-refractivity contribution in [2.24, 2.45) is 0 Å². The molecule has 1 aromatic carbocycles. The van der Waals surface area contributed by atoms with Crippen LogP contribution in [0.4, 0.5) is 5.69 Å². The third-order valence-electron chi connectivity index (χ3n) is 4.06. The summed E-state index contributed by atoms with van der Waals surface area (Å²) in [5, 5.41) is 3.76. The van der Waals surface area contributed by atoms with Gasteiger partial charge in [-0.25, -0.2) is 8.42 Å². The second-order valence-corrected chi connectivity index (χ2v) is 8.12. The van der Waals surface area contributed by atoms with Crippen LogP contribution in [0.2, 0.25) is 5.02 Å². The fourth-order valence-corrected chi connectivity index (χ4v) is 4.44. The molecule has 0 atom stereocenters. The lowest BCUT2D eigenvalue weighted by Crippen LogP contribution is -2.41. The molecule has 6 nitrogen and oxygen atoms in total. The maximum absolute atomic E-state index is 12.7. The summed E-state index contributed by atoms with van der Waals surface area (Å²) in [7, 11) is -3.36. The molecule has 1 fully saturated rings. The summed E-state index contributed by atoms with van der Waals surface area (Å²) in [5.41, 5.74) is 2.47. The number of sulfonamides is 1. The predicted octanol–water partition coefficient (Wildman–Crippen LogP) is 2.51. The zero-order chi connectivity index (χ0) is 17.7. The third kappa shape index (κ3) is 4.70. The fourth-order valence-electron chi connectivity index (χ4n) is 2.69. The van der Waals surface area contributed by atoms with Gasteiger partial charge in [0.1, 0.15) is 0 Å². The maximum atomic E-state index is 12.7. The van der Waals surface area contributed by atoms with Crippen molar-refractivity contribution in [1.82, 2.24) is 9.29 Å². The summed E-state index contributed by atoms with van der Waals surface area (Å²) in [4.78, 5) is 3.95. The molecule has 1 N–H and O–H groups in total. The van der Waals surface area contributed by atoms with Crippen molar-refractivity contribution in [2.45, 2.75) is 12.3 Å². The predicted molar refractivity (Wildman–Crippen MR) is 98.0 cm³/mol. The van der Waals surface area contributed by atoms with Gasteiger partial charge < -0.3 is 10.1 Å². The quantitative estimate of drug-likeness (QED) is 0.832. The van der Waals surface area contributed by atoms with Gasteiger partial charge in [-0.15, -0.1) is 0 Å². The van der Waals surface area contributed by atoms with E-state index in [2.05, 4.69) is 10.3 Å². The molecule has 1 aliphatic rings. The number of ether oxygens (including phenoxy) is 1. The van der Waals surface area contributed by atoms with Crippen LogP contribution >= 0.6 is 11.6 Å². The normalized spacial score (nSPS) is 15.9. The number of hydrogen-bond donors (Lipinski definition) is 1. The molecule has 0 saturated carbocycles. The van der Waals surface area contributed by atoms with Crippen LogP contribution in [0.5, 0.6) is 0 Å². The molecule has 0 amide bonds. The molecule has 134 valence electrons. The van der Waals surface area contributed by atoms with Crippen LogP contribution in [0.3, 0.4) is 0 Å². The highest BCUT2D eigenvalue weighted by molar-refractivity contribution is 7.88. The monoisotopic (exact) mass is 381 g/mol. The van der Waals surface area contributed by atoms with E-state index >= 15 is 0 Å². The van der Waals surface area contributed by atoms with E-state index < -0.39 is 10.0 Å². The Balaban J connectivity index is 1.73. The summed E-state index contributed by atoms with van der Waals surface area (Å²) in [5.74, 6) is -0.0189. The number of benzene rings is 1. The van der Waals surface area contributed by atoms with E-state index in [9.17, 15) is 8.42 Å². The number of rotatable bonds is 6. The van der Waals surface area contributed by atoms with Crippen LogP contribution in [0.1, 0.15) is 11.1 Å². The molecular weight excluding hydrogens is 362 g/mol. The molecule has 3 rings (SSSR count). The van der Waals surface area contributed by atoms with Crippen molar-refractivity contribution in [3.8, 4) is 0 Å². The lowest BCUT2D eigenvalue weighted by atomic mass is 10.1. The Labute approximate surface area is 152 Å². The Morgan fingerprint density at radius 1 is 1.16 bits per heavy atom. The van der Waals surface area contributed by atoms with E-state index in [1.807, 2.05) is 24.3 Å². The summed E-state index contributed by atoms with van der Waals surface area (Å²) in [6.45, 7) is 2.20. The van der Waals surface area contributed by atoms with Gasteiger partial charge in [-0.2, -0.15) is 4.31 Å². The summed E-state index contributed by atoms with van der Waals surface area (Å²) >= 11 is 6.10. The minimum atomic E-state index is -3.36. The number of halogens is 1. The number of anilines is 1. The molecule has 1 saturated heterocycles. The molecule has 0 aliphatic carbocycles. The topological polar surface area (TPSA) is 71.5 Å². The van der Waals surface area contributed by atoms with Crippen molar-refractivity contribution in [1.29, 1.82) is 0 Å². The fraction of sp³-hybridized carbons (Fsp3) is 0.353. The van der Waals surface area contributed by atoms with Gasteiger partial charge in [0.05, 0.1) is 29.7 Å². The zero-order valence-corrected chi connectivity index (χ0v) is 15.3. The number of hydrogen-bond acceptors (Lipinski definition) is 5. The summed E-state index contributed by atoms with van der Waals surface area (Å²) < 4.78 is 32.0. The lowest BCUT2D eigenvalue weighted by Gasteiger charge is -2.26. The van der Waals surface area contributed by atoms with Crippen LogP contribution in [-0.4, -0.2) is 44.0 Å². The van der Waals surface area contributed by atoms with E-state index in [1.165, 1.54) is 4.31 Å². The van der Waals surface area contributed by atoms with Crippen LogP contribution in [-0.2, 0) is 27.1 Å². The van der Waals surface area contributed by atoms with Gasteiger partial charge >= 0.3 is 0 Å². The highest BCUT2D eigenvalue weighted by Crippen LogP contribution is 2.22. The van der Waals surface area contributed by atoms with Gasteiger partial charge in [0.15, 0.2) is 0 Å². The van der Waals surface area contributed by atoms with Gasteiger partial charge in [0.25, 0.3) is 0 Å². The first-order valence-corrected chi connectivity index (χ1v) is 10.0.